The zero-order valence-corrected chi connectivity index (χ0v) is 14.7. The van der Waals surface area contributed by atoms with Gasteiger partial charge in [0.05, 0.1) is 18.5 Å². The predicted molar refractivity (Wildman–Crippen MR) is 99.9 cm³/mol. The van der Waals surface area contributed by atoms with Crippen LogP contribution in [0, 0.1) is 0 Å². The summed E-state index contributed by atoms with van der Waals surface area (Å²) < 4.78 is 5.86. The fourth-order valence-corrected chi connectivity index (χ4v) is 3.18. The Morgan fingerprint density at radius 3 is 2.92 bits per heavy atom. The van der Waals surface area contributed by atoms with Crippen molar-refractivity contribution in [1.82, 2.24) is 10.2 Å². The van der Waals surface area contributed by atoms with Crippen LogP contribution in [0.15, 0.2) is 41.2 Å². The molecular formula is C20H27N3O2. The van der Waals surface area contributed by atoms with Gasteiger partial charge in [0.1, 0.15) is 5.75 Å². The van der Waals surface area contributed by atoms with Crippen LogP contribution in [0.1, 0.15) is 37.7 Å². The van der Waals surface area contributed by atoms with Crippen molar-refractivity contribution in [3.63, 3.8) is 0 Å². The maximum Gasteiger partial charge on any atom is 0.185 e. The van der Waals surface area contributed by atoms with Crippen LogP contribution >= 0.6 is 0 Å². The molecule has 2 aliphatic heterocycles. The molecule has 134 valence electrons. The van der Waals surface area contributed by atoms with Gasteiger partial charge in [-0.05, 0) is 50.0 Å². The SMILES string of the molecule is O=C1CC=NC=C1NCCCOc1cccc(CN2CCCCC2)c1. The Morgan fingerprint density at radius 2 is 2.08 bits per heavy atom. The summed E-state index contributed by atoms with van der Waals surface area (Å²) in [5, 5.41) is 3.13. The van der Waals surface area contributed by atoms with E-state index in [1.54, 1.807) is 12.4 Å². The molecule has 3 rings (SSSR count). The van der Waals surface area contributed by atoms with Crippen LogP contribution < -0.4 is 10.1 Å². The smallest absolute Gasteiger partial charge is 0.185 e. The summed E-state index contributed by atoms with van der Waals surface area (Å²) in [5.74, 6) is 1.02. The molecule has 0 aromatic heterocycles. The van der Waals surface area contributed by atoms with Gasteiger partial charge in [-0.1, -0.05) is 18.6 Å². The highest BCUT2D eigenvalue weighted by Crippen LogP contribution is 2.17. The average molecular weight is 341 g/mol. The lowest BCUT2D eigenvalue weighted by molar-refractivity contribution is -0.114. The molecule has 1 aromatic rings. The van der Waals surface area contributed by atoms with Gasteiger partial charge in [-0.15, -0.1) is 0 Å². The van der Waals surface area contributed by atoms with Crippen molar-refractivity contribution in [3.05, 3.63) is 41.7 Å². The number of Topliss-reactive ketones (excluding diaryl/α,β-unsaturated/α-hetero) is 1. The van der Waals surface area contributed by atoms with Gasteiger partial charge < -0.3 is 10.1 Å². The summed E-state index contributed by atoms with van der Waals surface area (Å²) in [6.07, 6.45) is 8.44. The number of hydrogen-bond donors (Lipinski definition) is 1. The van der Waals surface area contributed by atoms with E-state index in [2.05, 4.69) is 33.4 Å². The first kappa shape index (κ1) is 17.7. The second-order valence-electron chi connectivity index (χ2n) is 6.61. The number of benzene rings is 1. The van der Waals surface area contributed by atoms with E-state index < -0.39 is 0 Å². The second-order valence-corrected chi connectivity index (χ2v) is 6.61. The molecule has 0 saturated carbocycles. The summed E-state index contributed by atoms with van der Waals surface area (Å²) in [7, 11) is 0. The van der Waals surface area contributed by atoms with Gasteiger partial charge in [0.2, 0.25) is 0 Å². The van der Waals surface area contributed by atoms with Crippen LogP contribution in [0.2, 0.25) is 0 Å². The van der Waals surface area contributed by atoms with E-state index in [4.69, 9.17) is 4.74 Å². The minimum absolute atomic E-state index is 0.0985. The van der Waals surface area contributed by atoms with E-state index in [0.29, 0.717) is 25.3 Å². The largest absolute Gasteiger partial charge is 0.494 e. The molecule has 0 spiro atoms. The van der Waals surface area contributed by atoms with E-state index in [1.165, 1.54) is 37.9 Å². The molecule has 0 bridgehead atoms. The standard InChI is InChI=1S/C20H27N3O2/c24-20-8-10-21-15-19(20)22-9-5-13-25-18-7-4-6-17(14-18)16-23-11-2-1-3-12-23/h4,6-7,10,14-15,22H,1-3,5,8-9,11-13,16H2. The predicted octanol–water partition coefficient (Wildman–Crippen LogP) is 2.92. The van der Waals surface area contributed by atoms with E-state index >= 15 is 0 Å². The van der Waals surface area contributed by atoms with Gasteiger partial charge >= 0.3 is 0 Å². The number of ether oxygens (including phenoxy) is 1. The molecule has 25 heavy (non-hydrogen) atoms. The first-order valence-corrected chi connectivity index (χ1v) is 9.24. The van der Waals surface area contributed by atoms with Crippen molar-refractivity contribution in [2.24, 2.45) is 4.99 Å². The molecule has 0 amide bonds. The summed E-state index contributed by atoms with van der Waals surface area (Å²) in [4.78, 5) is 18.1. The summed E-state index contributed by atoms with van der Waals surface area (Å²) in [6.45, 7) is 4.76. The number of nitrogens with zero attached hydrogens (tertiary/aromatic N) is 2. The van der Waals surface area contributed by atoms with Crippen LogP contribution in [-0.4, -0.2) is 43.1 Å². The molecule has 1 N–H and O–H groups in total. The number of carbonyl (C=O) groups excluding carboxylic acids is 1. The number of rotatable bonds is 8. The normalized spacial score (nSPS) is 18.1. The Labute approximate surface area is 149 Å². The molecule has 2 aliphatic rings. The Bertz CT molecular complexity index is 634. The van der Waals surface area contributed by atoms with Crippen LogP contribution in [-0.2, 0) is 11.3 Å². The van der Waals surface area contributed by atoms with Crippen molar-refractivity contribution in [2.45, 2.75) is 38.6 Å². The fourth-order valence-electron chi connectivity index (χ4n) is 3.18. The summed E-state index contributed by atoms with van der Waals surface area (Å²) in [5.41, 5.74) is 1.92. The lowest BCUT2D eigenvalue weighted by atomic mass is 10.1. The van der Waals surface area contributed by atoms with Crippen LogP contribution in [0.4, 0.5) is 0 Å². The van der Waals surface area contributed by atoms with Gasteiger partial charge in [-0.25, -0.2) is 0 Å². The minimum Gasteiger partial charge on any atom is -0.494 e. The lowest BCUT2D eigenvalue weighted by Crippen LogP contribution is -2.29. The molecule has 0 radical (unpaired) electrons. The molecule has 2 heterocycles. The van der Waals surface area contributed by atoms with E-state index in [1.807, 2.05) is 6.07 Å². The molecule has 1 saturated heterocycles. The van der Waals surface area contributed by atoms with Gasteiger partial charge in [-0.2, -0.15) is 0 Å². The maximum atomic E-state index is 11.6. The monoisotopic (exact) mass is 341 g/mol. The molecular weight excluding hydrogens is 314 g/mol. The third-order valence-corrected chi connectivity index (χ3v) is 4.54. The van der Waals surface area contributed by atoms with Crippen molar-refractivity contribution in [3.8, 4) is 5.75 Å². The molecule has 5 heteroatoms. The molecule has 1 fully saturated rings. The number of carbonyl (C=O) groups is 1. The highest BCUT2D eigenvalue weighted by molar-refractivity contribution is 6.04. The number of likely N-dealkylation sites (tertiary alicyclic amines) is 1. The Kier molecular flexibility index (Phi) is 6.63. The van der Waals surface area contributed by atoms with E-state index in [0.717, 1.165) is 18.7 Å². The van der Waals surface area contributed by atoms with Crippen LogP contribution in [0.3, 0.4) is 0 Å². The molecule has 5 nitrogen and oxygen atoms in total. The van der Waals surface area contributed by atoms with E-state index in [-0.39, 0.29) is 5.78 Å². The van der Waals surface area contributed by atoms with Crippen molar-refractivity contribution in [2.75, 3.05) is 26.2 Å². The number of nitrogens with one attached hydrogen (secondary N) is 1. The first-order valence-electron chi connectivity index (χ1n) is 9.24. The zero-order chi connectivity index (χ0) is 17.3. The third kappa shape index (κ3) is 5.71. The number of aliphatic imine (C=N–C) groups is 1. The average Bonchev–Trinajstić information content (AvgIpc) is 2.64. The summed E-state index contributed by atoms with van der Waals surface area (Å²) >= 11 is 0. The van der Waals surface area contributed by atoms with Crippen molar-refractivity contribution < 1.29 is 9.53 Å². The van der Waals surface area contributed by atoms with Crippen molar-refractivity contribution >= 4 is 12.0 Å². The third-order valence-electron chi connectivity index (χ3n) is 4.54. The first-order chi connectivity index (χ1) is 12.3. The molecule has 1 aromatic carbocycles. The van der Waals surface area contributed by atoms with Gasteiger partial charge in [0.15, 0.2) is 5.78 Å². The van der Waals surface area contributed by atoms with Crippen molar-refractivity contribution in [1.29, 1.82) is 0 Å². The quantitative estimate of drug-likeness (QED) is 0.739. The lowest BCUT2D eigenvalue weighted by Gasteiger charge is -2.26. The topological polar surface area (TPSA) is 53.9 Å². The number of hydrogen-bond acceptors (Lipinski definition) is 5. The number of ketones is 1. The second kappa shape index (κ2) is 9.37. The molecule has 0 aliphatic carbocycles. The highest BCUT2D eigenvalue weighted by atomic mass is 16.5. The van der Waals surface area contributed by atoms with Crippen LogP contribution in [0.5, 0.6) is 5.75 Å². The minimum atomic E-state index is 0.0985. The number of allylic oxidation sites excluding steroid dienone is 1. The maximum absolute atomic E-state index is 11.6. The number of piperidine rings is 1. The Balaban J connectivity index is 1.38. The highest BCUT2D eigenvalue weighted by Gasteiger charge is 2.11. The van der Waals surface area contributed by atoms with E-state index in [9.17, 15) is 4.79 Å². The van der Waals surface area contributed by atoms with Gasteiger partial charge in [0.25, 0.3) is 0 Å². The summed E-state index contributed by atoms with van der Waals surface area (Å²) in [6, 6.07) is 8.39. The van der Waals surface area contributed by atoms with Gasteiger partial charge in [-0.3, -0.25) is 14.7 Å². The Hall–Kier alpha value is -2.14. The molecule has 0 atom stereocenters. The zero-order valence-electron chi connectivity index (χ0n) is 14.7. The van der Waals surface area contributed by atoms with Gasteiger partial charge in [0, 0.05) is 25.7 Å². The Morgan fingerprint density at radius 1 is 1.20 bits per heavy atom. The fraction of sp³-hybridized carbons (Fsp3) is 0.500. The van der Waals surface area contributed by atoms with Crippen LogP contribution in [0.25, 0.3) is 0 Å². The molecule has 0 unspecified atom stereocenters.